The molecular formula is C40H24N2. The van der Waals surface area contributed by atoms with E-state index in [2.05, 4.69) is 143 Å². The van der Waals surface area contributed by atoms with Crippen molar-refractivity contribution in [2.75, 3.05) is 0 Å². The first-order valence-corrected chi connectivity index (χ1v) is 14.5. The Morgan fingerprint density at radius 2 is 0.905 bits per heavy atom. The van der Waals surface area contributed by atoms with Crippen LogP contribution in [-0.2, 0) is 0 Å². The van der Waals surface area contributed by atoms with E-state index in [0.717, 1.165) is 0 Å². The van der Waals surface area contributed by atoms with Crippen LogP contribution >= 0.6 is 0 Å². The molecule has 2 nitrogen and oxygen atoms in total. The lowest BCUT2D eigenvalue weighted by Gasteiger charge is -2.17. The van der Waals surface area contributed by atoms with Crippen LogP contribution < -0.4 is 0 Å². The Balaban J connectivity index is 1.25. The van der Waals surface area contributed by atoms with Crippen LogP contribution in [0.3, 0.4) is 0 Å². The summed E-state index contributed by atoms with van der Waals surface area (Å²) in [5.41, 5.74) is 9.72. The van der Waals surface area contributed by atoms with Gasteiger partial charge >= 0.3 is 0 Å². The molecule has 0 aliphatic rings. The Hall–Kier alpha value is -5.60. The minimum absolute atomic E-state index is 1.17. The molecule has 2 N–H and O–H groups in total. The predicted molar refractivity (Wildman–Crippen MR) is 180 cm³/mol. The van der Waals surface area contributed by atoms with Gasteiger partial charge in [0, 0.05) is 43.7 Å². The van der Waals surface area contributed by atoms with E-state index in [1.54, 1.807) is 0 Å². The summed E-state index contributed by atoms with van der Waals surface area (Å²) >= 11 is 0. The fourth-order valence-corrected chi connectivity index (χ4v) is 7.41. The van der Waals surface area contributed by atoms with Crippen LogP contribution in [0.2, 0.25) is 0 Å². The van der Waals surface area contributed by atoms with Gasteiger partial charge in [-0.3, -0.25) is 0 Å². The van der Waals surface area contributed by atoms with Crippen LogP contribution in [0.5, 0.6) is 0 Å². The third-order valence-electron chi connectivity index (χ3n) is 9.31. The maximum absolute atomic E-state index is 3.72. The maximum Gasteiger partial charge on any atom is 0.0544 e. The van der Waals surface area contributed by atoms with E-state index in [4.69, 9.17) is 0 Å². The molecule has 0 fully saturated rings. The van der Waals surface area contributed by atoms with Crippen molar-refractivity contribution in [3.8, 4) is 22.3 Å². The first-order chi connectivity index (χ1) is 20.8. The highest BCUT2D eigenvalue weighted by Gasteiger charge is 2.17. The quantitative estimate of drug-likeness (QED) is 0.208. The van der Waals surface area contributed by atoms with Gasteiger partial charge in [-0.1, -0.05) is 115 Å². The van der Waals surface area contributed by atoms with Gasteiger partial charge in [0.05, 0.1) is 5.52 Å². The van der Waals surface area contributed by atoms with Gasteiger partial charge in [0.15, 0.2) is 0 Å². The second kappa shape index (κ2) is 7.99. The molecule has 0 spiro atoms. The van der Waals surface area contributed by atoms with E-state index < -0.39 is 0 Å². The Bertz CT molecular complexity index is 2680. The van der Waals surface area contributed by atoms with Gasteiger partial charge in [0.25, 0.3) is 0 Å². The summed E-state index contributed by atoms with van der Waals surface area (Å²) in [4.78, 5) is 7.36. The van der Waals surface area contributed by atoms with Crippen molar-refractivity contribution in [3.05, 3.63) is 133 Å². The zero-order valence-electron chi connectivity index (χ0n) is 22.7. The fourth-order valence-electron chi connectivity index (χ4n) is 7.41. The van der Waals surface area contributed by atoms with E-state index in [-0.39, 0.29) is 0 Å². The number of hydrogen-bond donors (Lipinski definition) is 2. The molecule has 0 aliphatic carbocycles. The molecule has 2 heteroatoms. The van der Waals surface area contributed by atoms with Gasteiger partial charge in [-0.05, 0) is 67.2 Å². The molecule has 0 unspecified atom stereocenters. The lowest BCUT2D eigenvalue weighted by Crippen LogP contribution is -1.90. The number of aromatic amines is 2. The summed E-state index contributed by atoms with van der Waals surface area (Å²) in [5, 5.41) is 12.9. The van der Waals surface area contributed by atoms with Crippen molar-refractivity contribution < 1.29 is 0 Å². The van der Waals surface area contributed by atoms with Crippen molar-refractivity contribution in [2.24, 2.45) is 0 Å². The summed E-state index contributed by atoms with van der Waals surface area (Å²) in [6, 6.07) is 49.0. The Morgan fingerprint density at radius 1 is 0.333 bits per heavy atom. The molecule has 0 atom stereocenters. The van der Waals surface area contributed by atoms with E-state index >= 15 is 0 Å². The molecule has 0 aliphatic heterocycles. The molecular weight excluding hydrogens is 508 g/mol. The first-order valence-electron chi connectivity index (χ1n) is 14.5. The number of para-hydroxylation sites is 3. The molecule has 8 aromatic carbocycles. The highest BCUT2D eigenvalue weighted by atomic mass is 14.7. The van der Waals surface area contributed by atoms with Crippen LogP contribution in [0.15, 0.2) is 133 Å². The monoisotopic (exact) mass is 532 g/mol. The topological polar surface area (TPSA) is 31.6 Å². The molecule has 10 aromatic rings. The van der Waals surface area contributed by atoms with Crippen LogP contribution in [0.25, 0.3) is 98.2 Å². The lowest BCUT2D eigenvalue weighted by atomic mass is 9.87. The number of nitrogens with one attached hydrogen (secondary N) is 2. The second-order valence-corrected chi connectivity index (χ2v) is 11.5. The largest absolute Gasteiger partial charge is 0.354 e. The smallest absolute Gasteiger partial charge is 0.0544 e. The number of H-pyrrole nitrogens is 2. The van der Waals surface area contributed by atoms with Crippen LogP contribution in [-0.4, -0.2) is 9.97 Å². The molecule has 0 amide bonds. The molecule has 2 heterocycles. The predicted octanol–water partition coefficient (Wildman–Crippen LogP) is 11.2. The SMILES string of the molecule is c1ccc2c(c1)[nH]c1cc(-c3ccc4ccc5c(-c6cccc7c6[nH]c6ccccc67)ccc6ccc3c4c65)ccc12. The summed E-state index contributed by atoms with van der Waals surface area (Å²) in [6.45, 7) is 0. The average Bonchev–Trinajstić information content (AvgIpc) is 3.61. The molecule has 0 saturated carbocycles. The third-order valence-corrected chi connectivity index (χ3v) is 9.31. The van der Waals surface area contributed by atoms with E-state index in [1.165, 1.54) is 98.2 Å². The van der Waals surface area contributed by atoms with Gasteiger partial charge < -0.3 is 9.97 Å². The molecule has 2 aromatic heterocycles. The summed E-state index contributed by atoms with van der Waals surface area (Å²) in [7, 11) is 0. The number of benzene rings is 8. The van der Waals surface area contributed by atoms with Gasteiger partial charge in [0.1, 0.15) is 0 Å². The number of hydrogen-bond acceptors (Lipinski definition) is 0. The van der Waals surface area contributed by atoms with Crippen LogP contribution in [0.1, 0.15) is 0 Å². The molecule has 10 rings (SSSR count). The second-order valence-electron chi connectivity index (χ2n) is 11.5. The van der Waals surface area contributed by atoms with E-state index in [1.807, 2.05) is 0 Å². The van der Waals surface area contributed by atoms with Crippen LogP contribution in [0.4, 0.5) is 0 Å². The molecule has 0 bridgehead atoms. The number of rotatable bonds is 2. The average molecular weight is 533 g/mol. The van der Waals surface area contributed by atoms with Crippen molar-refractivity contribution >= 4 is 75.9 Å². The highest BCUT2D eigenvalue weighted by Crippen LogP contribution is 2.44. The molecule has 42 heavy (non-hydrogen) atoms. The van der Waals surface area contributed by atoms with Crippen molar-refractivity contribution in [3.63, 3.8) is 0 Å². The van der Waals surface area contributed by atoms with Crippen LogP contribution in [0, 0.1) is 0 Å². The van der Waals surface area contributed by atoms with Gasteiger partial charge in [-0.15, -0.1) is 0 Å². The normalized spacial score (nSPS) is 12.3. The van der Waals surface area contributed by atoms with E-state index in [0.29, 0.717) is 0 Å². The van der Waals surface area contributed by atoms with Gasteiger partial charge in [-0.25, -0.2) is 0 Å². The summed E-state index contributed by atoms with van der Waals surface area (Å²) in [5.74, 6) is 0. The number of aromatic nitrogens is 2. The molecule has 0 saturated heterocycles. The lowest BCUT2D eigenvalue weighted by molar-refractivity contribution is 1.54. The van der Waals surface area contributed by atoms with Gasteiger partial charge in [-0.2, -0.15) is 0 Å². The summed E-state index contributed by atoms with van der Waals surface area (Å²) < 4.78 is 0. The third kappa shape index (κ3) is 2.88. The molecule has 194 valence electrons. The van der Waals surface area contributed by atoms with Crippen molar-refractivity contribution in [1.82, 2.24) is 9.97 Å². The van der Waals surface area contributed by atoms with Crippen molar-refractivity contribution in [2.45, 2.75) is 0 Å². The van der Waals surface area contributed by atoms with Crippen molar-refractivity contribution in [1.29, 1.82) is 0 Å². The Morgan fingerprint density at radius 3 is 1.69 bits per heavy atom. The standard InChI is InChI=1S/C40H24N2/c1-3-10-35-28(6-1)30-19-16-25(22-37(30)41-35)26-17-12-23-15-21-32-27(18-13-24-14-20-31(26)38(23)39(24)32)33-8-5-9-34-29-7-2-4-11-36(29)42-40(33)34/h1-22,41-42H. The minimum atomic E-state index is 1.17. The fraction of sp³-hybridized carbons (Fsp3) is 0. The zero-order valence-corrected chi connectivity index (χ0v) is 22.7. The Labute approximate surface area is 241 Å². The maximum atomic E-state index is 3.72. The molecule has 0 radical (unpaired) electrons. The number of fused-ring (bicyclic) bond motifs is 6. The highest BCUT2D eigenvalue weighted by molar-refractivity contribution is 6.28. The van der Waals surface area contributed by atoms with Gasteiger partial charge in [0.2, 0.25) is 0 Å². The zero-order chi connectivity index (χ0) is 27.4. The van der Waals surface area contributed by atoms with E-state index in [9.17, 15) is 0 Å². The first kappa shape index (κ1) is 22.1. The minimum Gasteiger partial charge on any atom is -0.354 e. The summed E-state index contributed by atoms with van der Waals surface area (Å²) in [6.07, 6.45) is 0. The Kier molecular flexibility index (Phi) is 4.21.